The van der Waals surface area contributed by atoms with Crippen LogP contribution < -0.4 is 10.1 Å². The van der Waals surface area contributed by atoms with E-state index in [1.807, 2.05) is 18.2 Å². The smallest absolute Gasteiger partial charge is 0.119 e. The zero-order valence-electron chi connectivity index (χ0n) is 11.5. The Kier molecular flexibility index (Phi) is 7.86. The van der Waals surface area contributed by atoms with Crippen molar-refractivity contribution in [3.05, 3.63) is 28.8 Å². The second kappa shape index (κ2) is 9.23. The standard InChI is InChI=1S/C15H24ClNO/c1-3-9-17-10-5-6-11-18-14-7-8-15(16)13(4-2)12-14/h7-8,12,17H,3-6,9-11H2,1-2H3. The van der Waals surface area contributed by atoms with Crippen molar-refractivity contribution in [1.82, 2.24) is 5.32 Å². The molecule has 0 aliphatic rings. The number of hydrogen-bond acceptors (Lipinski definition) is 2. The predicted molar refractivity (Wildman–Crippen MR) is 78.7 cm³/mol. The van der Waals surface area contributed by atoms with Crippen LogP contribution in [-0.4, -0.2) is 19.7 Å². The highest BCUT2D eigenvalue weighted by Gasteiger charge is 2.00. The summed E-state index contributed by atoms with van der Waals surface area (Å²) in [5.74, 6) is 0.928. The third-order valence-corrected chi connectivity index (χ3v) is 3.21. The summed E-state index contributed by atoms with van der Waals surface area (Å²) in [6, 6.07) is 5.90. The fourth-order valence-electron chi connectivity index (χ4n) is 1.76. The first-order valence-corrected chi connectivity index (χ1v) is 7.27. The number of rotatable bonds is 9. The predicted octanol–water partition coefficient (Wildman–Crippen LogP) is 4.06. The molecule has 0 heterocycles. The van der Waals surface area contributed by atoms with Gasteiger partial charge >= 0.3 is 0 Å². The Balaban J connectivity index is 2.19. The van der Waals surface area contributed by atoms with E-state index in [1.54, 1.807) is 0 Å². The van der Waals surface area contributed by atoms with Crippen LogP contribution >= 0.6 is 11.6 Å². The van der Waals surface area contributed by atoms with E-state index in [1.165, 1.54) is 6.42 Å². The first-order valence-electron chi connectivity index (χ1n) is 6.89. The van der Waals surface area contributed by atoms with Crippen molar-refractivity contribution in [1.29, 1.82) is 0 Å². The summed E-state index contributed by atoms with van der Waals surface area (Å²) < 4.78 is 5.72. The maximum Gasteiger partial charge on any atom is 0.119 e. The molecule has 0 aliphatic heterocycles. The van der Waals surface area contributed by atoms with Gasteiger partial charge in [-0.1, -0.05) is 25.4 Å². The summed E-state index contributed by atoms with van der Waals surface area (Å²) >= 11 is 6.06. The molecule has 1 rings (SSSR count). The summed E-state index contributed by atoms with van der Waals surface area (Å²) in [4.78, 5) is 0. The summed E-state index contributed by atoms with van der Waals surface area (Å²) in [6.45, 7) is 7.25. The summed E-state index contributed by atoms with van der Waals surface area (Å²) in [5, 5.41) is 4.21. The first kappa shape index (κ1) is 15.3. The van der Waals surface area contributed by atoms with Crippen molar-refractivity contribution in [3.63, 3.8) is 0 Å². The van der Waals surface area contributed by atoms with E-state index < -0.39 is 0 Å². The van der Waals surface area contributed by atoms with Crippen molar-refractivity contribution >= 4 is 11.6 Å². The minimum Gasteiger partial charge on any atom is -0.494 e. The first-order chi connectivity index (χ1) is 8.77. The van der Waals surface area contributed by atoms with Crippen LogP contribution in [0.15, 0.2) is 18.2 Å². The molecule has 0 aromatic heterocycles. The molecule has 0 radical (unpaired) electrons. The zero-order valence-corrected chi connectivity index (χ0v) is 12.2. The molecule has 0 saturated carbocycles. The van der Waals surface area contributed by atoms with Crippen molar-refractivity contribution in [3.8, 4) is 5.75 Å². The van der Waals surface area contributed by atoms with E-state index in [9.17, 15) is 0 Å². The topological polar surface area (TPSA) is 21.3 Å². The van der Waals surface area contributed by atoms with Gasteiger partial charge < -0.3 is 10.1 Å². The molecule has 18 heavy (non-hydrogen) atoms. The van der Waals surface area contributed by atoms with Gasteiger partial charge in [-0.2, -0.15) is 0 Å². The average Bonchev–Trinajstić information content (AvgIpc) is 2.39. The highest BCUT2D eigenvalue weighted by Crippen LogP contribution is 2.22. The van der Waals surface area contributed by atoms with E-state index in [-0.39, 0.29) is 0 Å². The van der Waals surface area contributed by atoms with Gasteiger partial charge in [-0.05, 0) is 62.5 Å². The van der Waals surface area contributed by atoms with Crippen LogP contribution in [0.2, 0.25) is 5.02 Å². The van der Waals surface area contributed by atoms with Crippen LogP contribution in [0, 0.1) is 0 Å². The van der Waals surface area contributed by atoms with Crippen LogP contribution in [-0.2, 0) is 6.42 Å². The number of aryl methyl sites for hydroxylation is 1. The summed E-state index contributed by atoms with van der Waals surface area (Å²) in [6.07, 6.45) is 4.38. The quantitative estimate of drug-likeness (QED) is 0.683. The van der Waals surface area contributed by atoms with Crippen LogP contribution in [0.25, 0.3) is 0 Å². The van der Waals surface area contributed by atoms with Gasteiger partial charge in [0, 0.05) is 5.02 Å². The van der Waals surface area contributed by atoms with Gasteiger partial charge in [-0.15, -0.1) is 0 Å². The molecular formula is C15H24ClNO. The largest absolute Gasteiger partial charge is 0.494 e. The average molecular weight is 270 g/mol. The molecule has 0 amide bonds. The Morgan fingerprint density at radius 1 is 1.17 bits per heavy atom. The van der Waals surface area contributed by atoms with Gasteiger partial charge in [0.25, 0.3) is 0 Å². The third kappa shape index (κ3) is 5.74. The fourth-order valence-corrected chi connectivity index (χ4v) is 2.01. The molecule has 1 aromatic carbocycles. The number of benzene rings is 1. The molecule has 102 valence electrons. The van der Waals surface area contributed by atoms with Crippen LogP contribution in [0.5, 0.6) is 5.75 Å². The SMILES string of the molecule is CCCNCCCCOc1ccc(Cl)c(CC)c1. The van der Waals surface area contributed by atoms with E-state index in [4.69, 9.17) is 16.3 Å². The Labute approximate surface area is 116 Å². The van der Waals surface area contributed by atoms with Gasteiger partial charge in [-0.25, -0.2) is 0 Å². The van der Waals surface area contributed by atoms with E-state index in [0.717, 1.165) is 55.3 Å². The molecule has 0 fully saturated rings. The molecule has 0 atom stereocenters. The maximum absolute atomic E-state index is 6.06. The van der Waals surface area contributed by atoms with E-state index in [0.29, 0.717) is 0 Å². The summed E-state index contributed by atoms with van der Waals surface area (Å²) in [7, 11) is 0. The maximum atomic E-state index is 6.06. The summed E-state index contributed by atoms with van der Waals surface area (Å²) in [5.41, 5.74) is 1.15. The molecule has 0 bridgehead atoms. The van der Waals surface area contributed by atoms with Crippen molar-refractivity contribution < 1.29 is 4.74 Å². The lowest BCUT2D eigenvalue weighted by Crippen LogP contribution is -2.16. The lowest BCUT2D eigenvalue weighted by atomic mass is 10.1. The minimum absolute atomic E-state index is 0.776. The molecule has 3 heteroatoms. The van der Waals surface area contributed by atoms with Gasteiger partial charge in [0.15, 0.2) is 0 Å². The van der Waals surface area contributed by atoms with Crippen molar-refractivity contribution in [2.45, 2.75) is 39.5 Å². The fraction of sp³-hybridized carbons (Fsp3) is 0.600. The van der Waals surface area contributed by atoms with Gasteiger partial charge in [-0.3, -0.25) is 0 Å². The van der Waals surface area contributed by atoms with Gasteiger partial charge in [0.1, 0.15) is 5.75 Å². The molecule has 1 aromatic rings. The monoisotopic (exact) mass is 269 g/mol. The second-order valence-corrected chi connectivity index (χ2v) is 4.82. The van der Waals surface area contributed by atoms with E-state index >= 15 is 0 Å². The van der Waals surface area contributed by atoms with E-state index in [2.05, 4.69) is 19.2 Å². The lowest BCUT2D eigenvalue weighted by molar-refractivity contribution is 0.305. The number of halogens is 1. The van der Waals surface area contributed by atoms with Crippen molar-refractivity contribution in [2.75, 3.05) is 19.7 Å². The number of nitrogens with one attached hydrogen (secondary N) is 1. The molecular weight excluding hydrogens is 246 g/mol. The Hall–Kier alpha value is -0.730. The molecule has 1 N–H and O–H groups in total. The van der Waals surface area contributed by atoms with Gasteiger partial charge in [0.05, 0.1) is 6.61 Å². The Morgan fingerprint density at radius 3 is 2.72 bits per heavy atom. The lowest BCUT2D eigenvalue weighted by Gasteiger charge is -2.09. The van der Waals surface area contributed by atoms with Gasteiger partial charge in [0.2, 0.25) is 0 Å². The molecule has 0 aliphatic carbocycles. The van der Waals surface area contributed by atoms with Crippen LogP contribution in [0.3, 0.4) is 0 Å². The van der Waals surface area contributed by atoms with Crippen LogP contribution in [0.1, 0.15) is 38.7 Å². The molecule has 0 unspecified atom stereocenters. The van der Waals surface area contributed by atoms with Crippen molar-refractivity contribution in [2.24, 2.45) is 0 Å². The second-order valence-electron chi connectivity index (χ2n) is 4.41. The third-order valence-electron chi connectivity index (χ3n) is 2.84. The highest BCUT2D eigenvalue weighted by atomic mass is 35.5. The Bertz CT molecular complexity index is 341. The molecule has 0 saturated heterocycles. The number of ether oxygens (including phenoxy) is 1. The molecule has 0 spiro atoms. The zero-order chi connectivity index (χ0) is 13.2. The number of unbranched alkanes of at least 4 members (excludes halogenated alkanes) is 1. The Morgan fingerprint density at radius 2 is 2.00 bits per heavy atom. The normalized spacial score (nSPS) is 10.6. The molecule has 2 nitrogen and oxygen atoms in total. The highest BCUT2D eigenvalue weighted by molar-refractivity contribution is 6.31. The van der Waals surface area contributed by atoms with Crippen LogP contribution in [0.4, 0.5) is 0 Å². The minimum atomic E-state index is 0.776. The number of hydrogen-bond donors (Lipinski definition) is 1.